The molecule has 0 aromatic heterocycles. The molecule has 0 unspecified atom stereocenters. The fourth-order valence-electron chi connectivity index (χ4n) is 2.80. The molecule has 0 fully saturated rings. The Labute approximate surface area is 182 Å². The molecule has 0 aliphatic carbocycles. The zero-order valence-corrected chi connectivity index (χ0v) is 18.0. The van der Waals surface area contributed by atoms with Crippen molar-refractivity contribution in [2.75, 3.05) is 26.8 Å². The van der Waals surface area contributed by atoms with Crippen LogP contribution in [0.5, 0.6) is 11.5 Å². The van der Waals surface area contributed by atoms with Gasteiger partial charge in [0.05, 0.1) is 7.11 Å². The largest absolute Gasteiger partial charge is 0.493 e. The second kappa shape index (κ2) is 12.0. The summed E-state index contributed by atoms with van der Waals surface area (Å²) in [5.41, 5.74) is 1.26. The van der Waals surface area contributed by atoms with E-state index in [-0.39, 0.29) is 24.7 Å². The van der Waals surface area contributed by atoms with Gasteiger partial charge in [0.25, 0.3) is 5.91 Å². The molecule has 0 heterocycles. The van der Waals surface area contributed by atoms with Crippen LogP contribution in [0.4, 0.5) is 0 Å². The van der Waals surface area contributed by atoms with Crippen molar-refractivity contribution >= 4 is 18.0 Å². The molecule has 0 saturated carbocycles. The van der Waals surface area contributed by atoms with Crippen LogP contribution in [0.1, 0.15) is 25.0 Å². The molecule has 0 aliphatic heterocycles. The highest BCUT2D eigenvalue weighted by atomic mass is 16.5. The molecule has 162 valence electrons. The summed E-state index contributed by atoms with van der Waals surface area (Å²) < 4.78 is 16.2. The van der Waals surface area contributed by atoms with Gasteiger partial charge in [0.15, 0.2) is 18.1 Å². The summed E-state index contributed by atoms with van der Waals surface area (Å²) in [7, 11) is 1.47. The highest BCUT2D eigenvalue weighted by Crippen LogP contribution is 2.29. The van der Waals surface area contributed by atoms with Crippen LogP contribution >= 0.6 is 0 Å². The summed E-state index contributed by atoms with van der Waals surface area (Å²) in [5, 5.41) is 9.36. The summed E-state index contributed by atoms with van der Waals surface area (Å²) in [4.78, 5) is 26.1. The fourth-order valence-corrected chi connectivity index (χ4v) is 2.80. The lowest BCUT2D eigenvalue weighted by atomic mass is 10.1. The number of rotatable bonds is 10. The third-order valence-corrected chi connectivity index (χ3v) is 4.52. The minimum Gasteiger partial charge on any atom is -0.493 e. The van der Waals surface area contributed by atoms with Crippen molar-refractivity contribution in [3.63, 3.8) is 0 Å². The molecule has 0 N–H and O–H groups in total. The van der Waals surface area contributed by atoms with Crippen molar-refractivity contribution in [3.8, 4) is 17.6 Å². The molecular weight excluding hydrogens is 396 g/mol. The molecule has 0 spiro atoms. The van der Waals surface area contributed by atoms with Gasteiger partial charge < -0.3 is 19.1 Å². The number of nitriles is 1. The molecule has 2 rings (SSSR count). The van der Waals surface area contributed by atoms with Gasteiger partial charge in [-0.3, -0.25) is 4.79 Å². The molecule has 0 aliphatic rings. The Morgan fingerprint density at radius 2 is 1.77 bits per heavy atom. The van der Waals surface area contributed by atoms with E-state index in [4.69, 9.17) is 14.2 Å². The Morgan fingerprint density at radius 3 is 2.39 bits per heavy atom. The maximum absolute atomic E-state index is 12.3. The predicted molar refractivity (Wildman–Crippen MR) is 116 cm³/mol. The number of nitrogens with zero attached hydrogens (tertiary/aromatic N) is 2. The van der Waals surface area contributed by atoms with E-state index >= 15 is 0 Å². The second-order valence-corrected chi connectivity index (χ2v) is 6.50. The Hall–Kier alpha value is -3.79. The second-order valence-electron chi connectivity index (χ2n) is 6.50. The van der Waals surface area contributed by atoms with Crippen LogP contribution < -0.4 is 9.47 Å². The van der Waals surface area contributed by atoms with Crippen molar-refractivity contribution in [1.29, 1.82) is 5.26 Å². The first-order valence-corrected chi connectivity index (χ1v) is 9.93. The molecule has 2 aromatic rings. The summed E-state index contributed by atoms with van der Waals surface area (Å²) in [6.07, 6.45) is 1.42. The van der Waals surface area contributed by atoms with Gasteiger partial charge in [-0.15, -0.1) is 0 Å². The normalized spacial score (nSPS) is 10.7. The number of ether oxygens (including phenoxy) is 3. The standard InChI is InChI=1S/C24H26N2O5/c1-4-26(5-2)23(27)17-30-21-12-11-19(14-22(21)29-3)13-20(15-25)24(28)31-16-18-9-7-6-8-10-18/h6-14H,4-5,16-17H2,1-3H3. The third-order valence-electron chi connectivity index (χ3n) is 4.52. The first-order valence-electron chi connectivity index (χ1n) is 9.93. The molecule has 0 radical (unpaired) electrons. The number of methoxy groups -OCH3 is 1. The van der Waals surface area contributed by atoms with Gasteiger partial charge in [-0.25, -0.2) is 4.79 Å². The average Bonchev–Trinajstić information content (AvgIpc) is 2.81. The smallest absolute Gasteiger partial charge is 0.349 e. The van der Waals surface area contributed by atoms with Gasteiger partial charge in [-0.2, -0.15) is 5.26 Å². The van der Waals surface area contributed by atoms with E-state index in [0.29, 0.717) is 30.2 Å². The molecule has 0 saturated heterocycles. The highest BCUT2D eigenvalue weighted by Gasteiger charge is 2.14. The van der Waals surface area contributed by atoms with E-state index in [1.54, 1.807) is 23.1 Å². The Bertz CT molecular complexity index is 960. The summed E-state index contributed by atoms with van der Waals surface area (Å²) >= 11 is 0. The molecular formula is C24H26N2O5. The Morgan fingerprint density at radius 1 is 1.06 bits per heavy atom. The van der Waals surface area contributed by atoms with Gasteiger partial charge in [0.2, 0.25) is 0 Å². The number of hydrogen-bond donors (Lipinski definition) is 0. The van der Waals surface area contributed by atoms with Crippen LogP contribution in [0.3, 0.4) is 0 Å². The van der Waals surface area contributed by atoms with E-state index in [1.165, 1.54) is 13.2 Å². The molecule has 7 nitrogen and oxygen atoms in total. The van der Waals surface area contributed by atoms with E-state index in [1.807, 2.05) is 50.2 Å². The highest BCUT2D eigenvalue weighted by molar-refractivity contribution is 5.98. The van der Waals surface area contributed by atoms with Gasteiger partial charge in [-0.05, 0) is 43.2 Å². The summed E-state index contributed by atoms with van der Waals surface area (Å²) in [6, 6.07) is 16.0. The number of benzene rings is 2. The molecule has 7 heteroatoms. The minimum atomic E-state index is -0.713. The van der Waals surface area contributed by atoms with Gasteiger partial charge in [0.1, 0.15) is 18.2 Å². The fraction of sp³-hybridized carbons (Fsp3) is 0.292. The van der Waals surface area contributed by atoms with E-state index in [0.717, 1.165) is 5.56 Å². The number of esters is 1. The molecule has 2 aromatic carbocycles. The SMILES string of the molecule is CCN(CC)C(=O)COc1ccc(C=C(C#N)C(=O)OCc2ccccc2)cc1OC. The number of carbonyl (C=O) groups excluding carboxylic acids is 2. The summed E-state index contributed by atoms with van der Waals surface area (Å²) in [6.45, 7) is 4.99. The van der Waals surface area contributed by atoms with Crippen LogP contribution in [0.2, 0.25) is 0 Å². The zero-order chi connectivity index (χ0) is 22.6. The molecule has 0 bridgehead atoms. The quantitative estimate of drug-likeness (QED) is 0.330. The maximum Gasteiger partial charge on any atom is 0.349 e. The lowest BCUT2D eigenvalue weighted by Gasteiger charge is -2.19. The molecule has 1 amide bonds. The van der Waals surface area contributed by atoms with Crippen molar-refractivity contribution in [3.05, 3.63) is 65.2 Å². The zero-order valence-electron chi connectivity index (χ0n) is 18.0. The molecule has 31 heavy (non-hydrogen) atoms. The first-order chi connectivity index (χ1) is 15.0. The van der Waals surface area contributed by atoms with Crippen LogP contribution in [0, 0.1) is 11.3 Å². The first kappa shape index (κ1) is 23.5. The van der Waals surface area contributed by atoms with E-state index in [2.05, 4.69) is 0 Å². The third kappa shape index (κ3) is 6.89. The predicted octanol–water partition coefficient (Wildman–Crippen LogP) is 3.59. The van der Waals surface area contributed by atoms with E-state index < -0.39 is 5.97 Å². The lowest BCUT2D eigenvalue weighted by molar-refractivity contribution is -0.139. The van der Waals surface area contributed by atoms with Crippen LogP contribution in [-0.2, 0) is 20.9 Å². The van der Waals surface area contributed by atoms with Crippen LogP contribution in [0.15, 0.2) is 54.1 Å². The monoisotopic (exact) mass is 422 g/mol. The number of amides is 1. The average molecular weight is 422 g/mol. The van der Waals surface area contributed by atoms with Gasteiger partial charge >= 0.3 is 5.97 Å². The van der Waals surface area contributed by atoms with Crippen LogP contribution in [0.25, 0.3) is 6.08 Å². The van der Waals surface area contributed by atoms with Crippen molar-refractivity contribution < 1.29 is 23.8 Å². The molecule has 0 atom stereocenters. The van der Waals surface area contributed by atoms with Crippen molar-refractivity contribution in [1.82, 2.24) is 4.90 Å². The van der Waals surface area contributed by atoms with Crippen LogP contribution in [-0.4, -0.2) is 43.6 Å². The number of hydrogen-bond acceptors (Lipinski definition) is 6. The minimum absolute atomic E-state index is 0.0787. The number of carbonyl (C=O) groups is 2. The van der Waals surface area contributed by atoms with Gasteiger partial charge in [-0.1, -0.05) is 36.4 Å². The maximum atomic E-state index is 12.3. The van der Waals surface area contributed by atoms with Crippen molar-refractivity contribution in [2.45, 2.75) is 20.5 Å². The van der Waals surface area contributed by atoms with Crippen molar-refractivity contribution in [2.24, 2.45) is 0 Å². The Balaban J connectivity index is 2.09. The Kier molecular flexibility index (Phi) is 9.12. The summed E-state index contributed by atoms with van der Waals surface area (Å²) in [5.74, 6) is -0.0548. The lowest BCUT2D eigenvalue weighted by Crippen LogP contribution is -2.34. The van der Waals surface area contributed by atoms with E-state index in [9.17, 15) is 14.9 Å². The number of likely N-dealkylation sites (N-methyl/N-ethyl adjacent to an activating group) is 1. The topological polar surface area (TPSA) is 88.9 Å². The van der Waals surface area contributed by atoms with Gasteiger partial charge in [0, 0.05) is 13.1 Å².